The average Bonchev–Trinajstić information content (AvgIpc) is 3.49. The number of anilines is 1. The largest absolute Gasteiger partial charge is 0.461 e. The van der Waals surface area contributed by atoms with Crippen LogP contribution in [0, 0.1) is 0 Å². The summed E-state index contributed by atoms with van der Waals surface area (Å²) in [5.41, 5.74) is 5.91. The molecule has 0 saturated carbocycles. The Labute approximate surface area is 204 Å². The van der Waals surface area contributed by atoms with Crippen LogP contribution in [0.15, 0.2) is 76.5 Å². The van der Waals surface area contributed by atoms with Crippen molar-refractivity contribution in [1.82, 2.24) is 14.8 Å². The van der Waals surface area contributed by atoms with Crippen LogP contribution >= 0.6 is 23.4 Å². The lowest BCUT2D eigenvalue weighted by Crippen LogP contribution is -2.16. The Morgan fingerprint density at radius 3 is 2.59 bits per heavy atom. The fourth-order valence-electron chi connectivity index (χ4n) is 3.00. The van der Waals surface area contributed by atoms with Crippen LogP contribution in [0.1, 0.15) is 6.42 Å². The predicted molar refractivity (Wildman–Crippen MR) is 129 cm³/mol. The number of aromatic nitrogens is 3. The molecule has 2 aromatic carbocycles. The van der Waals surface area contributed by atoms with Crippen molar-refractivity contribution >= 4 is 40.9 Å². The van der Waals surface area contributed by atoms with E-state index in [0.717, 1.165) is 0 Å². The van der Waals surface area contributed by atoms with Crippen molar-refractivity contribution in [3.8, 4) is 23.1 Å². The quantitative estimate of drug-likeness (QED) is 0.307. The van der Waals surface area contributed by atoms with Crippen molar-refractivity contribution in [3.63, 3.8) is 0 Å². The Morgan fingerprint density at radius 1 is 1.09 bits per heavy atom. The zero-order chi connectivity index (χ0) is 23.9. The number of hydrogen-bond acceptors (Lipinski definition) is 7. The highest BCUT2D eigenvalue weighted by Gasteiger charge is 2.18. The van der Waals surface area contributed by atoms with Crippen molar-refractivity contribution in [2.45, 2.75) is 18.1 Å². The molecule has 4 rings (SSSR count). The van der Waals surface area contributed by atoms with E-state index >= 15 is 0 Å². The maximum Gasteiger partial charge on any atom is 0.234 e. The first-order chi connectivity index (χ1) is 16.5. The number of thioether (sulfide) groups is 1. The van der Waals surface area contributed by atoms with Gasteiger partial charge in [-0.05, 0) is 48.5 Å². The highest BCUT2D eigenvalue weighted by molar-refractivity contribution is 7.99. The molecule has 3 N–H and O–H groups in total. The number of hydrogen-bond donors (Lipinski definition) is 2. The number of para-hydroxylation sites is 1. The molecule has 0 aliphatic rings. The summed E-state index contributed by atoms with van der Waals surface area (Å²) in [6.07, 6.45) is 1.63. The molecular formula is C23H20ClN5O4S. The SMILES string of the molecule is NC(=O)CCn1c(SCC(=O)Nc2ccc(Oc3ccccc3Cl)cc2)nnc1-c1ccco1. The van der Waals surface area contributed by atoms with Crippen molar-refractivity contribution in [3.05, 3.63) is 71.9 Å². The topological polar surface area (TPSA) is 125 Å². The summed E-state index contributed by atoms with van der Waals surface area (Å²) in [4.78, 5) is 23.8. The molecule has 9 nitrogen and oxygen atoms in total. The van der Waals surface area contributed by atoms with Crippen LogP contribution in [-0.2, 0) is 16.1 Å². The van der Waals surface area contributed by atoms with Gasteiger partial charge in [-0.1, -0.05) is 35.5 Å². The number of ether oxygens (including phenoxy) is 1. The van der Waals surface area contributed by atoms with Gasteiger partial charge in [0.15, 0.2) is 16.7 Å². The highest BCUT2D eigenvalue weighted by Crippen LogP contribution is 2.29. The summed E-state index contributed by atoms with van der Waals surface area (Å²) < 4.78 is 12.9. The molecule has 0 spiro atoms. The zero-order valence-electron chi connectivity index (χ0n) is 17.8. The number of nitrogens with zero attached hydrogens (tertiary/aromatic N) is 3. The third-order valence-electron chi connectivity index (χ3n) is 4.58. The third-order valence-corrected chi connectivity index (χ3v) is 5.85. The molecule has 0 fully saturated rings. The van der Waals surface area contributed by atoms with E-state index in [0.29, 0.717) is 39.0 Å². The zero-order valence-corrected chi connectivity index (χ0v) is 19.4. The lowest BCUT2D eigenvalue weighted by atomic mass is 10.3. The van der Waals surface area contributed by atoms with Crippen LogP contribution in [0.4, 0.5) is 5.69 Å². The lowest BCUT2D eigenvalue weighted by Gasteiger charge is -2.10. The van der Waals surface area contributed by atoms with E-state index in [-0.39, 0.29) is 24.6 Å². The van der Waals surface area contributed by atoms with Gasteiger partial charge >= 0.3 is 0 Å². The number of nitrogens with two attached hydrogens (primary N) is 1. The average molecular weight is 498 g/mol. The molecular weight excluding hydrogens is 478 g/mol. The van der Waals surface area contributed by atoms with Crippen LogP contribution in [0.5, 0.6) is 11.5 Å². The molecule has 2 aromatic heterocycles. The Bertz CT molecular complexity index is 1280. The van der Waals surface area contributed by atoms with E-state index in [1.165, 1.54) is 18.0 Å². The number of primary amides is 1. The van der Waals surface area contributed by atoms with Gasteiger partial charge in [0.05, 0.1) is 17.0 Å². The maximum atomic E-state index is 12.5. The maximum absolute atomic E-state index is 12.5. The number of carbonyl (C=O) groups excluding carboxylic acids is 2. The second kappa shape index (κ2) is 10.9. The number of carbonyl (C=O) groups is 2. The van der Waals surface area contributed by atoms with E-state index < -0.39 is 5.91 Å². The number of amides is 2. The van der Waals surface area contributed by atoms with Gasteiger partial charge in [0.2, 0.25) is 11.8 Å². The molecule has 0 aliphatic carbocycles. The third kappa shape index (κ3) is 5.97. The van der Waals surface area contributed by atoms with E-state index in [2.05, 4.69) is 15.5 Å². The monoisotopic (exact) mass is 497 g/mol. The summed E-state index contributed by atoms with van der Waals surface area (Å²) in [7, 11) is 0. The van der Waals surface area contributed by atoms with Crippen LogP contribution in [0.3, 0.4) is 0 Å². The number of halogens is 1. The first-order valence-electron chi connectivity index (χ1n) is 10.2. The molecule has 2 heterocycles. The molecule has 0 saturated heterocycles. The van der Waals surface area contributed by atoms with Gasteiger partial charge in [-0.3, -0.25) is 14.2 Å². The summed E-state index contributed by atoms with van der Waals surface area (Å²) in [6.45, 7) is 0.273. The predicted octanol–water partition coefficient (Wildman–Crippen LogP) is 4.59. The molecule has 0 atom stereocenters. The van der Waals surface area contributed by atoms with E-state index in [4.69, 9.17) is 26.5 Å². The second-order valence-corrected chi connectivity index (χ2v) is 8.39. The molecule has 0 unspecified atom stereocenters. The minimum atomic E-state index is -0.449. The van der Waals surface area contributed by atoms with Gasteiger partial charge in [0, 0.05) is 18.7 Å². The standard InChI is InChI=1S/C23H20ClN5O4S/c24-17-4-1-2-5-18(17)33-16-9-7-15(8-10-16)26-21(31)14-34-23-28-27-22(19-6-3-13-32-19)29(23)12-11-20(25)30/h1-10,13H,11-12,14H2,(H2,25,30)(H,26,31). The Morgan fingerprint density at radius 2 is 1.88 bits per heavy atom. The van der Waals surface area contributed by atoms with Crippen LogP contribution in [0.25, 0.3) is 11.6 Å². The molecule has 0 radical (unpaired) electrons. The highest BCUT2D eigenvalue weighted by atomic mass is 35.5. The lowest BCUT2D eigenvalue weighted by molar-refractivity contribution is -0.118. The summed E-state index contributed by atoms with van der Waals surface area (Å²) >= 11 is 7.31. The number of furan rings is 1. The Kier molecular flexibility index (Phi) is 7.51. The first-order valence-corrected chi connectivity index (χ1v) is 11.6. The fourth-order valence-corrected chi connectivity index (χ4v) is 3.93. The molecule has 0 bridgehead atoms. The van der Waals surface area contributed by atoms with Crippen LogP contribution in [-0.4, -0.2) is 32.3 Å². The molecule has 4 aromatic rings. The second-order valence-electron chi connectivity index (χ2n) is 7.05. The smallest absolute Gasteiger partial charge is 0.234 e. The first kappa shape index (κ1) is 23.4. The minimum absolute atomic E-state index is 0.0880. The van der Waals surface area contributed by atoms with Gasteiger partial charge in [-0.2, -0.15) is 0 Å². The molecule has 11 heteroatoms. The van der Waals surface area contributed by atoms with Crippen LogP contribution < -0.4 is 15.8 Å². The number of nitrogens with one attached hydrogen (secondary N) is 1. The van der Waals surface area contributed by atoms with E-state index in [1.807, 2.05) is 12.1 Å². The summed E-state index contributed by atoms with van der Waals surface area (Å²) in [6, 6.07) is 17.6. The fraction of sp³-hybridized carbons (Fsp3) is 0.130. The Hall–Kier alpha value is -3.76. The minimum Gasteiger partial charge on any atom is -0.461 e. The van der Waals surface area contributed by atoms with Crippen molar-refractivity contribution in [1.29, 1.82) is 0 Å². The van der Waals surface area contributed by atoms with Gasteiger partial charge in [-0.25, -0.2) is 0 Å². The van der Waals surface area contributed by atoms with Gasteiger partial charge in [0.1, 0.15) is 11.5 Å². The van der Waals surface area contributed by atoms with Crippen molar-refractivity contribution in [2.24, 2.45) is 5.73 Å². The number of rotatable bonds is 10. The molecule has 34 heavy (non-hydrogen) atoms. The summed E-state index contributed by atoms with van der Waals surface area (Å²) in [5.74, 6) is 1.52. The number of benzene rings is 2. The molecule has 174 valence electrons. The normalized spacial score (nSPS) is 10.7. The van der Waals surface area contributed by atoms with Crippen molar-refractivity contribution < 1.29 is 18.7 Å². The van der Waals surface area contributed by atoms with Crippen LogP contribution in [0.2, 0.25) is 5.02 Å². The van der Waals surface area contributed by atoms with E-state index in [1.54, 1.807) is 53.1 Å². The van der Waals surface area contributed by atoms with Crippen molar-refractivity contribution in [2.75, 3.05) is 11.1 Å². The van der Waals surface area contributed by atoms with Gasteiger partial charge in [0.25, 0.3) is 0 Å². The summed E-state index contributed by atoms with van der Waals surface area (Å²) in [5, 5.41) is 12.1. The van der Waals surface area contributed by atoms with Gasteiger partial charge < -0.3 is 20.2 Å². The van der Waals surface area contributed by atoms with Gasteiger partial charge in [-0.15, -0.1) is 10.2 Å². The van der Waals surface area contributed by atoms with E-state index in [9.17, 15) is 9.59 Å². The molecule has 2 amide bonds. The molecule has 0 aliphatic heterocycles. The Balaban J connectivity index is 1.36.